The molecule has 0 heterocycles. The molecule has 0 bridgehead atoms. The Balaban J connectivity index is 3.44. The summed E-state index contributed by atoms with van der Waals surface area (Å²) in [4.78, 5) is 22.1. The molecule has 3 heteroatoms. The van der Waals surface area contributed by atoms with E-state index in [2.05, 4.69) is 0 Å². The molecule has 0 unspecified atom stereocenters. The SMILES string of the molecule is CCC(CC)C(=O)OCCCCCC(C)=O. The van der Waals surface area contributed by atoms with Crippen molar-refractivity contribution in [3.8, 4) is 0 Å². The fourth-order valence-electron chi connectivity index (χ4n) is 1.57. The molecule has 0 aliphatic rings. The van der Waals surface area contributed by atoms with Gasteiger partial charge in [0.1, 0.15) is 5.78 Å². The zero-order valence-electron chi connectivity index (χ0n) is 10.8. The van der Waals surface area contributed by atoms with Gasteiger partial charge in [0.25, 0.3) is 0 Å². The van der Waals surface area contributed by atoms with Crippen LogP contribution in [-0.2, 0) is 14.3 Å². The lowest BCUT2D eigenvalue weighted by Gasteiger charge is -2.11. The molecule has 0 spiro atoms. The molecule has 16 heavy (non-hydrogen) atoms. The highest BCUT2D eigenvalue weighted by Crippen LogP contribution is 2.10. The number of hydrogen-bond acceptors (Lipinski definition) is 3. The van der Waals surface area contributed by atoms with Gasteiger partial charge in [0, 0.05) is 6.42 Å². The molecule has 0 saturated carbocycles. The first kappa shape index (κ1) is 15.1. The monoisotopic (exact) mass is 228 g/mol. The molecule has 0 aromatic heterocycles. The molecule has 0 fully saturated rings. The Kier molecular flexibility index (Phi) is 8.87. The Hall–Kier alpha value is -0.860. The van der Waals surface area contributed by atoms with Crippen LogP contribution in [-0.4, -0.2) is 18.4 Å². The van der Waals surface area contributed by atoms with Gasteiger partial charge in [0.15, 0.2) is 0 Å². The molecule has 0 N–H and O–H groups in total. The van der Waals surface area contributed by atoms with Crippen LogP contribution in [0.2, 0.25) is 0 Å². The van der Waals surface area contributed by atoms with Gasteiger partial charge in [-0.05, 0) is 39.0 Å². The van der Waals surface area contributed by atoms with Crippen molar-refractivity contribution in [2.75, 3.05) is 6.61 Å². The molecule has 3 nitrogen and oxygen atoms in total. The van der Waals surface area contributed by atoms with Crippen LogP contribution in [0.3, 0.4) is 0 Å². The maximum atomic E-state index is 11.5. The number of carbonyl (C=O) groups is 2. The van der Waals surface area contributed by atoms with Crippen LogP contribution in [0.5, 0.6) is 0 Å². The molecular formula is C13H24O3. The largest absolute Gasteiger partial charge is 0.465 e. The van der Waals surface area contributed by atoms with Gasteiger partial charge in [-0.3, -0.25) is 4.79 Å². The lowest BCUT2D eigenvalue weighted by atomic mass is 10.0. The lowest BCUT2D eigenvalue weighted by molar-refractivity contribution is -0.148. The highest BCUT2D eigenvalue weighted by molar-refractivity contribution is 5.75. The summed E-state index contributed by atoms with van der Waals surface area (Å²) in [6.07, 6.45) is 5.05. The molecule has 94 valence electrons. The zero-order valence-corrected chi connectivity index (χ0v) is 10.8. The molecular weight excluding hydrogens is 204 g/mol. The number of carbonyl (C=O) groups excluding carboxylic acids is 2. The summed E-state index contributed by atoms with van der Waals surface area (Å²) in [5.74, 6) is 0.211. The van der Waals surface area contributed by atoms with Gasteiger partial charge in [-0.25, -0.2) is 0 Å². The van der Waals surface area contributed by atoms with Crippen LogP contribution < -0.4 is 0 Å². The quantitative estimate of drug-likeness (QED) is 0.450. The number of rotatable bonds is 9. The van der Waals surface area contributed by atoms with Gasteiger partial charge in [-0.2, -0.15) is 0 Å². The maximum Gasteiger partial charge on any atom is 0.308 e. The second-order valence-corrected chi connectivity index (χ2v) is 4.19. The smallest absolute Gasteiger partial charge is 0.308 e. The average Bonchev–Trinajstić information content (AvgIpc) is 2.24. The fraction of sp³-hybridized carbons (Fsp3) is 0.846. The van der Waals surface area contributed by atoms with Crippen molar-refractivity contribution in [3.05, 3.63) is 0 Å². The predicted octanol–water partition coefficient (Wildman–Crippen LogP) is 3.12. The van der Waals surface area contributed by atoms with Crippen molar-refractivity contribution in [1.29, 1.82) is 0 Å². The Morgan fingerprint density at radius 3 is 2.19 bits per heavy atom. The van der Waals surface area contributed by atoms with Crippen LogP contribution in [0.25, 0.3) is 0 Å². The highest BCUT2D eigenvalue weighted by atomic mass is 16.5. The molecule has 0 amide bonds. The minimum atomic E-state index is -0.0726. The van der Waals surface area contributed by atoms with Crippen LogP contribution in [0.4, 0.5) is 0 Å². The number of hydrogen-bond donors (Lipinski definition) is 0. The van der Waals surface area contributed by atoms with Gasteiger partial charge < -0.3 is 9.53 Å². The molecule has 0 aromatic rings. The summed E-state index contributed by atoms with van der Waals surface area (Å²) in [6, 6.07) is 0. The van der Waals surface area contributed by atoms with Crippen molar-refractivity contribution in [2.45, 2.75) is 59.3 Å². The third-order valence-corrected chi connectivity index (χ3v) is 2.74. The molecule has 0 radical (unpaired) electrons. The minimum absolute atomic E-state index is 0.0530. The summed E-state index contributed by atoms with van der Waals surface area (Å²) in [5, 5.41) is 0. The van der Waals surface area contributed by atoms with Crippen molar-refractivity contribution in [1.82, 2.24) is 0 Å². The molecule has 0 aliphatic heterocycles. The van der Waals surface area contributed by atoms with Gasteiger partial charge >= 0.3 is 5.97 Å². The Labute approximate surface area is 98.6 Å². The van der Waals surface area contributed by atoms with E-state index in [9.17, 15) is 9.59 Å². The van der Waals surface area contributed by atoms with Gasteiger partial charge in [-0.15, -0.1) is 0 Å². The minimum Gasteiger partial charge on any atom is -0.465 e. The first-order valence-corrected chi connectivity index (χ1v) is 6.27. The summed E-state index contributed by atoms with van der Waals surface area (Å²) in [5.41, 5.74) is 0. The third kappa shape index (κ3) is 7.43. The normalized spacial score (nSPS) is 10.5. The van der Waals surface area contributed by atoms with Crippen molar-refractivity contribution in [3.63, 3.8) is 0 Å². The molecule has 0 aromatic carbocycles. The molecule has 0 rings (SSSR count). The van der Waals surface area contributed by atoms with Crippen molar-refractivity contribution >= 4 is 11.8 Å². The summed E-state index contributed by atoms with van der Waals surface area (Å²) < 4.78 is 5.17. The second-order valence-electron chi connectivity index (χ2n) is 4.19. The first-order chi connectivity index (χ1) is 7.61. The number of esters is 1. The Bertz CT molecular complexity index is 207. The summed E-state index contributed by atoms with van der Waals surface area (Å²) >= 11 is 0. The summed E-state index contributed by atoms with van der Waals surface area (Å²) in [6.45, 7) is 6.10. The first-order valence-electron chi connectivity index (χ1n) is 6.27. The fourth-order valence-corrected chi connectivity index (χ4v) is 1.57. The summed E-state index contributed by atoms with van der Waals surface area (Å²) in [7, 11) is 0. The van der Waals surface area contributed by atoms with Gasteiger partial charge in [-0.1, -0.05) is 13.8 Å². The number of ether oxygens (including phenoxy) is 1. The Morgan fingerprint density at radius 2 is 1.69 bits per heavy atom. The van der Waals surface area contributed by atoms with E-state index in [0.29, 0.717) is 13.0 Å². The van der Waals surface area contributed by atoms with E-state index >= 15 is 0 Å². The predicted molar refractivity (Wildman–Crippen MR) is 64.2 cm³/mol. The van der Waals surface area contributed by atoms with Crippen LogP contribution in [0.15, 0.2) is 0 Å². The van der Waals surface area contributed by atoms with E-state index in [1.807, 2.05) is 13.8 Å². The topological polar surface area (TPSA) is 43.4 Å². The van der Waals surface area contributed by atoms with E-state index in [4.69, 9.17) is 4.74 Å². The van der Waals surface area contributed by atoms with Crippen molar-refractivity contribution < 1.29 is 14.3 Å². The number of unbranched alkanes of at least 4 members (excludes halogenated alkanes) is 2. The zero-order chi connectivity index (χ0) is 12.4. The van der Waals surface area contributed by atoms with E-state index in [-0.39, 0.29) is 17.7 Å². The highest BCUT2D eigenvalue weighted by Gasteiger charge is 2.14. The lowest BCUT2D eigenvalue weighted by Crippen LogP contribution is -2.16. The molecule has 0 saturated heterocycles. The van der Waals surface area contributed by atoms with Crippen LogP contribution >= 0.6 is 0 Å². The van der Waals surface area contributed by atoms with E-state index < -0.39 is 0 Å². The number of Topliss-reactive ketones (excluding diaryl/α,β-unsaturated/α-hetero) is 1. The maximum absolute atomic E-state index is 11.5. The average molecular weight is 228 g/mol. The van der Waals surface area contributed by atoms with Crippen LogP contribution in [0, 0.1) is 5.92 Å². The van der Waals surface area contributed by atoms with E-state index in [0.717, 1.165) is 32.1 Å². The standard InChI is InChI=1S/C13H24O3/c1-4-12(5-2)13(15)16-10-8-6-7-9-11(3)14/h12H,4-10H2,1-3H3. The number of ketones is 1. The van der Waals surface area contributed by atoms with Crippen LogP contribution in [0.1, 0.15) is 59.3 Å². The van der Waals surface area contributed by atoms with E-state index in [1.165, 1.54) is 0 Å². The van der Waals surface area contributed by atoms with Crippen molar-refractivity contribution in [2.24, 2.45) is 5.92 Å². The second kappa shape index (κ2) is 9.37. The molecule has 0 aliphatic carbocycles. The molecule has 0 atom stereocenters. The Morgan fingerprint density at radius 1 is 1.06 bits per heavy atom. The third-order valence-electron chi connectivity index (χ3n) is 2.74. The van der Waals surface area contributed by atoms with Gasteiger partial charge in [0.05, 0.1) is 12.5 Å². The van der Waals surface area contributed by atoms with Gasteiger partial charge in [0.2, 0.25) is 0 Å². The van der Waals surface area contributed by atoms with E-state index in [1.54, 1.807) is 6.92 Å².